The molecule has 2 heterocycles. The van der Waals surface area contributed by atoms with Gasteiger partial charge in [0.2, 0.25) is 0 Å². The average molecular weight is 353 g/mol. The summed E-state index contributed by atoms with van der Waals surface area (Å²) in [5.41, 5.74) is 3.38. The van der Waals surface area contributed by atoms with Gasteiger partial charge in [0.05, 0.1) is 16.7 Å². The number of rotatable bonds is 5. The van der Waals surface area contributed by atoms with E-state index in [0.717, 1.165) is 22.7 Å². The number of nitro benzene ring substituents is 1. The zero-order valence-corrected chi connectivity index (χ0v) is 15.0. The monoisotopic (exact) mass is 353 g/mol. The topological polar surface area (TPSA) is 107 Å². The van der Waals surface area contributed by atoms with Gasteiger partial charge in [0.1, 0.15) is 11.6 Å². The van der Waals surface area contributed by atoms with Gasteiger partial charge >= 0.3 is 0 Å². The molecule has 0 aliphatic carbocycles. The number of aryl methyl sites for hydroxylation is 3. The molecule has 0 saturated heterocycles. The molecule has 0 saturated carbocycles. The Morgan fingerprint density at radius 1 is 1.15 bits per heavy atom. The van der Waals surface area contributed by atoms with Gasteiger partial charge in [-0.15, -0.1) is 0 Å². The van der Waals surface area contributed by atoms with Crippen molar-refractivity contribution in [2.45, 2.75) is 33.7 Å². The maximum absolute atomic E-state index is 10.8. The lowest BCUT2D eigenvalue weighted by Gasteiger charge is -2.15. The number of nitro groups is 1. The fraction of sp³-hybridized carbons (Fsp3) is 0.278. The quantitative estimate of drug-likeness (QED) is 0.542. The molecule has 3 rings (SSSR count). The molecule has 26 heavy (non-hydrogen) atoms. The number of anilines is 1. The largest absolute Gasteiger partial charge is 0.363 e. The molecule has 0 fully saturated rings. The van der Waals surface area contributed by atoms with Crippen molar-refractivity contribution in [3.8, 4) is 11.4 Å². The smallest absolute Gasteiger partial charge is 0.269 e. The number of benzene rings is 1. The third-order valence-electron chi connectivity index (χ3n) is 4.08. The van der Waals surface area contributed by atoms with Crippen LogP contribution >= 0.6 is 0 Å². The van der Waals surface area contributed by atoms with Crippen molar-refractivity contribution in [1.29, 1.82) is 0 Å². The first-order valence-electron chi connectivity index (χ1n) is 8.15. The number of nitrogens with one attached hydrogen (secondary N) is 1. The molecule has 1 unspecified atom stereocenters. The summed E-state index contributed by atoms with van der Waals surface area (Å²) in [4.78, 5) is 19.3. The Morgan fingerprint density at radius 3 is 2.42 bits per heavy atom. The summed E-state index contributed by atoms with van der Waals surface area (Å²) >= 11 is 0. The van der Waals surface area contributed by atoms with E-state index in [0.29, 0.717) is 17.2 Å². The van der Waals surface area contributed by atoms with Crippen LogP contribution in [0.2, 0.25) is 0 Å². The van der Waals surface area contributed by atoms with Crippen molar-refractivity contribution < 1.29 is 9.45 Å². The van der Waals surface area contributed by atoms with Crippen molar-refractivity contribution in [2.24, 2.45) is 0 Å². The second kappa shape index (κ2) is 6.91. The highest BCUT2D eigenvalue weighted by atomic mass is 16.6. The molecule has 1 atom stereocenters. The molecular weight excluding hydrogens is 334 g/mol. The molecule has 8 heteroatoms. The highest BCUT2D eigenvalue weighted by Gasteiger charge is 2.17. The van der Waals surface area contributed by atoms with E-state index < -0.39 is 4.92 Å². The van der Waals surface area contributed by atoms with Crippen LogP contribution in [-0.2, 0) is 0 Å². The number of hydrogen-bond donors (Lipinski definition) is 1. The van der Waals surface area contributed by atoms with Crippen LogP contribution in [0.4, 0.5) is 11.5 Å². The van der Waals surface area contributed by atoms with Crippen molar-refractivity contribution in [2.75, 3.05) is 5.32 Å². The molecule has 8 nitrogen and oxygen atoms in total. The molecular formula is C18H19N5O3. The summed E-state index contributed by atoms with van der Waals surface area (Å²) in [6, 6.07) is 7.99. The van der Waals surface area contributed by atoms with Crippen LogP contribution in [0.5, 0.6) is 0 Å². The summed E-state index contributed by atoms with van der Waals surface area (Å²) in [7, 11) is 0. The van der Waals surface area contributed by atoms with Gasteiger partial charge in [0.15, 0.2) is 5.82 Å². The average Bonchev–Trinajstić information content (AvgIpc) is 2.93. The summed E-state index contributed by atoms with van der Waals surface area (Å²) in [6.45, 7) is 7.66. The van der Waals surface area contributed by atoms with Gasteiger partial charge in [-0.3, -0.25) is 10.1 Å². The highest BCUT2D eigenvalue weighted by molar-refractivity contribution is 5.59. The standard InChI is InChI=1S/C18H19N5O3/c1-10-9-16(20-11(2)17-12(3)22-26-13(17)4)21-18(19-10)14-5-7-15(8-6-14)23(24)25/h5-9,11H,1-4H3,(H,19,20,21). The second-order valence-corrected chi connectivity index (χ2v) is 6.13. The van der Waals surface area contributed by atoms with E-state index in [1.165, 1.54) is 12.1 Å². The fourth-order valence-electron chi connectivity index (χ4n) is 2.91. The predicted molar refractivity (Wildman–Crippen MR) is 96.9 cm³/mol. The third-order valence-corrected chi connectivity index (χ3v) is 4.08. The lowest BCUT2D eigenvalue weighted by molar-refractivity contribution is -0.384. The number of non-ortho nitro benzene ring substituents is 1. The Labute approximate surface area is 150 Å². The second-order valence-electron chi connectivity index (χ2n) is 6.13. The molecule has 0 bridgehead atoms. The molecule has 0 spiro atoms. The van der Waals surface area contributed by atoms with Gasteiger partial charge < -0.3 is 9.84 Å². The lowest BCUT2D eigenvalue weighted by atomic mass is 10.1. The van der Waals surface area contributed by atoms with Crippen molar-refractivity contribution in [3.05, 3.63) is 63.2 Å². The first kappa shape index (κ1) is 17.5. The molecule has 0 aliphatic rings. The molecule has 2 aromatic heterocycles. The van der Waals surface area contributed by atoms with E-state index in [9.17, 15) is 10.1 Å². The Bertz CT molecular complexity index is 930. The molecule has 0 radical (unpaired) electrons. The minimum Gasteiger partial charge on any atom is -0.363 e. The van der Waals surface area contributed by atoms with Gasteiger partial charge in [-0.05, 0) is 39.8 Å². The first-order chi connectivity index (χ1) is 12.3. The predicted octanol–water partition coefficient (Wildman–Crippen LogP) is 4.14. The number of nitrogens with zero attached hydrogens (tertiary/aromatic N) is 4. The molecule has 3 aromatic rings. The first-order valence-corrected chi connectivity index (χ1v) is 8.15. The number of aromatic nitrogens is 3. The van der Waals surface area contributed by atoms with Crippen LogP contribution in [-0.4, -0.2) is 20.0 Å². The van der Waals surface area contributed by atoms with Crippen molar-refractivity contribution in [1.82, 2.24) is 15.1 Å². The van der Waals surface area contributed by atoms with E-state index in [-0.39, 0.29) is 11.7 Å². The summed E-state index contributed by atoms with van der Waals surface area (Å²) < 4.78 is 5.22. The van der Waals surface area contributed by atoms with Gasteiger partial charge in [-0.2, -0.15) is 0 Å². The van der Waals surface area contributed by atoms with Crippen LogP contribution < -0.4 is 5.32 Å². The minimum atomic E-state index is -0.431. The molecule has 134 valence electrons. The summed E-state index contributed by atoms with van der Waals surface area (Å²) in [5.74, 6) is 1.94. The Balaban J connectivity index is 1.89. The highest BCUT2D eigenvalue weighted by Crippen LogP contribution is 2.26. The van der Waals surface area contributed by atoms with E-state index in [1.54, 1.807) is 12.1 Å². The summed E-state index contributed by atoms with van der Waals surface area (Å²) in [5, 5.41) is 18.1. The SMILES string of the molecule is Cc1cc(NC(C)c2c(C)noc2C)nc(-c2ccc([N+](=O)[O-])cc2)n1. The maximum Gasteiger partial charge on any atom is 0.269 e. The zero-order valence-electron chi connectivity index (χ0n) is 15.0. The van der Waals surface area contributed by atoms with E-state index in [2.05, 4.69) is 20.4 Å². The Hall–Kier alpha value is -3.29. The lowest BCUT2D eigenvalue weighted by Crippen LogP contribution is -2.10. The van der Waals surface area contributed by atoms with E-state index in [4.69, 9.17) is 4.52 Å². The van der Waals surface area contributed by atoms with Gasteiger partial charge in [-0.25, -0.2) is 9.97 Å². The maximum atomic E-state index is 10.8. The van der Waals surface area contributed by atoms with Gasteiger partial charge in [-0.1, -0.05) is 5.16 Å². The molecule has 1 N–H and O–H groups in total. The van der Waals surface area contributed by atoms with Crippen molar-refractivity contribution in [3.63, 3.8) is 0 Å². The fourth-order valence-corrected chi connectivity index (χ4v) is 2.91. The molecule has 1 aromatic carbocycles. The summed E-state index contributed by atoms with van der Waals surface area (Å²) in [6.07, 6.45) is 0. The van der Waals surface area contributed by atoms with Crippen LogP contribution in [0, 0.1) is 30.9 Å². The third kappa shape index (κ3) is 3.53. The minimum absolute atomic E-state index is 0.0341. The normalized spacial score (nSPS) is 12.0. The van der Waals surface area contributed by atoms with Crippen LogP contribution in [0.1, 0.15) is 35.7 Å². The van der Waals surface area contributed by atoms with Gasteiger partial charge in [0, 0.05) is 35.0 Å². The van der Waals surface area contributed by atoms with Crippen molar-refractivity contribution >= 4 is 11.5 Å². The van der Waals surface area contributed by atoms with Gasteiger partial charge in [0.25, 0.3) is 5.69 Å². The number of hydrogen-bond acceptors (Lipinski definition) is 7. The Kier molecular flexibility index (Phi) is 4.66. The van der Waals surface area contributed by atoms with Crippen LogP contribution in [0.25, 0.3) is 11.4 Å². The van der Waals surface area contributed by atoms with E-state index in [1.807, 2.05) is 33.8 Å². The van der Waals surface area contributed by atoms with Crippen LogP contribution in [0.15, 0.2) is 34.9 Å². The van der Waals surface area contributed by atoms with E-state index >= 15 is 0 Å². The zero-order chi connectivity index (χ0) is 18.8. The molecule has 0 amide bonds. The van der Waals surface area contributed by atoms with Crippen LogP contribution in [0.3, 0.4) is 0 Å². The Morgan fingerprint density at radius 2 is 1.85 bits per heavy atom. The molecule has 0 aliphatic heterocycles.